The van der Waals surface area contributed by atoms with Crippen molar-refractivity contribution in [1.29, 1.82) is 0 Å². The van der Waals surface area contributed by atoms with E-state index in [1.807, 2.05) is 11.3 Å². The molecule has 0 atom stereocenters. The second-order valence-electron chi connectivity index (χ2n) is 11.9. The number of thiophene rings is 1. The standard InChI is InChI=1S/C41H26S/c1-2-8-28-26(7-1)21-27-16-15-24(22-38(27)28)25-17-18-32-37-14-6-13-36(41(37)42-39(32)23-25)31-19-20-35-30-10-4-3-9-29(30)33-11-5-12-34(31)40(33)35/h2-6,8-20,22-23H,1,7,21H2. The molecular weight excluding hydrogens is 525 g/mol. The molecule has 196 valence electrons. The van der Waals surface area contributed by atoms with Crippen molar-refractivity contribution in [2.24, 2.45) is 0 Å². The summed E-state index contributed by atoms with van der Waals surface area (Å²) in [5.74, 6) is 0. The third kappa shape index (κ3) is 3.07. The first kappa shape index (κ1) is 22.9. The van der Waals surface area contributed by atoms with Crippen molar-refractivity contribution in [3.05, 3.63) is 138 Å². The Morgan fingerprint density at radius 2 is 1.26 bits per heavy atom. The number of hydrogen-bond acceptors (Lipinski definition) is 1. The monoisotopic (exact) mass is 550 g/mol. The van der Waals surface area contributed by atoms with Crippen LogP contribution >= 0.6 is 11.3 Å². The van der Waals surface area contributed by atoms with E-state index in [1.165, 1.54) is 105 Å². The fraction of sp³-hybridized carbons (Fsp3) is 0.0732. The Morgan fingerprint density at radius 3 is 2.17 bits per heavy atom. The van der Waals surface area contributed by atoms with Gasteiger partial charge in [0.25, 0.3) is 0 Å². The highest BCUT2D eigenvalue weighted by Crippen LogP contribution is 2.51. The molecule has 0 saturated heterocycles. The van der Waals surface area contributed by atoms with E-state index in [9.17, 15) is 0 Å². The molecule has 0 saturated carbocycles. The lowest BCUT2D eigenvalue weighted by Crippen LogP contribution is -1.88. The first-order valence-electron chi connectivity index (χ1n) is 15.0. The van der Waals surface area contributed by atoms with Crippen LogP contribution in [0.1, 0.15) is 24.0 Å². The van der Waals surface area contributed by atoms with Crippen LogP contribution in [0, 0.1) is 0 Å². The highest BCUT2D eigenvalue weighted by atomic mass is 32.1. The van der Waals surface area contributed by atoms with E-state index in [4.69, 9.17) is 0 Å². The van der Waals surface area contributed by atoms with E-state index in [2.05, 4.69) is 121 Å². The lowest BCUT2D eigenvalue weighted by Gasteiger charge is -2.10. The van der Waals surface area contributed by atoms with Gasteiger partial charge in [0, 0.05) is 25.7 Å². The van der Waals surface area contributed by atoms with Crippen molar-refractivity contribution >= 4 is 47.9 Å². The molecule has 7 aromatic rings. The summed E-state index contributed by atoms with van der Waals surface area (Å²) in [6, 6.07) is 41.4. The molecule has 0 unspecified atom stereocenters. The molecule has 0 N–H and O–H groups in total. The molecule has 0 nitrogen and oxygen atoms in total. The summed E-state index contributed by atoms with van der Waals surface area (Å²) in [4.78, 5) is 0. The van der Waals surface area contributed by atoms with Crippen LogP contribution in [0.3, 0.4) is 0 Å². The molecule has 42 heavy (non-hydrogen) atoms. The second-order valence-corrected chi connectivity index (χ2v) is 13.0. The van der Waals surface area contributed by atoms with Gasteiger partial charge >= 0.3 is 0 Å². The molecule has 3 aliphatic carbocycles. The minimum Gasteiger partial charge on any atom is -0.135 e. The first-order chi connectivity index (χ1) is 20.8. The summed E-state index contributed by atoms with van der Waals surface area (Å²) >= 11 is 1.94. The number of fused-ring (bicyclic) bond motifs is 8. The molecule has 0 amide bonds. The maximum Gasteiger partial charge on any atom is 0.0434 e. The predicted octanol–water partition coefficient (Wildman–Crippen LogP) is 11.8. The Morgan fingerprint density at radius 1 is 0.524 bits per heavy atom. The smallest absolute Gasteiger partial charge is 0.0434 e. The van der Waals surface area contributed by atoms with Crippen molar-refractivity contribution < 1.29 is 0 Å². The molecule has 0 fully saturated rings. The average Bonchev–Trinajstić information content (AvgIpc) is 3.71. The van der Waals surface area contributed by atoms with Crippen LogP contribution in [0.25, 0.3) is 81.0 Å². The molecule has 3 aliphatic rings. The van der Waals surface area contributed by atoms with Gasteiger partial charge in [-0.05, 0) is 97.8 Å². The maximum atomic E-state index is 2.43. The van der Waals surface area contributed by atoms with Crippen LogP contribution in [0.2, 0.25) is 0 Å². The number of rotatable bonds is 2. The average molecular weight is 551 g/mol. The normalized spacial score (nSPS) is 14.7. The third-order valence-electron chi connectivity index (χ3n) is 9.75. The summed E-state index contributed by atoms with van der Waals surface area (Å²) in [6.45, 7) is 0. The van der Waals surface area contributed by atoms with E-state index >= 15 is 0 Å². The number of hydrogen-bond donors (Lipinski definition) is 0. The lowest BCUT2D eigenvalue weighted by atomic mass is 9.93. The van der Waals surface area contributed by atoms with E-state index in [-0.39, 0.29) is 0 Å². The van der Waals surface area contributed by atoms with Gasteiger partial charge in [0.2, 0.25) is 0 Å². The van der Waals surface area contributed by atoms with Gasteiger partial charge in [-0.15, -0.1) is 11.3 Å². The summed E-state index contributed by atoms with van der Waals surface area (Å²) in [5.41, 5.74) is 16.7. The minimum absolute atomic E-state index is 1.12. The highest BCUT2D eigenvalue weighted by Gasteiger charge is 2.24. The van der Waals surface area contributed by atoms with Crippen molar-refractivity contribution in [1.82, 2.24) is 0 Å². The van der Waals surface area contributed by atoms with E-state index in [0.29, 0.717) is 0 Å². The Kier molecular flexibility index (Phi) is 4.59. The Bertz CT molecular complexity index is 2350. The fourth-order valence-electron chi connectivity index (χ4n) is 7.80. The van der Waals surface area contributed by atoms with Crippen molar-refractivity contribution in [2.45, 2.75) is 19.3 Å². The van der Waals surface area contributed by atoms with Gasteiger partial charge in [0.05, 0.1) is 0 Å². The predicted molar refractivity (Wildman–Crippen MR) is 181 cm³/mol. The fourth-order valence-corrected chi connectivity index (χ4v) is 9.07. The zero-order chi connectivity index (χ0) is 27.4. The van der Waals surface area contributed by atoms with Gasteiger partial charge < -0.3 is 0 Å². The van der Waals surface area contributed by atoms with E-state index < -0.39 is 0 Å². The van der Waals surface area contributed by atoms with E-state index in [1.54, 1.807) is 5.57 Å². The maximum absolute atomic E-state index is 2.43. The molecule has 0 radical (unpaired) electrons. The summed E-state index contributed by atoms with van der Waals surface area (Å²) < 4.78 is 2.73. The Labute approximate surface area is 248 Å². The molecular formula is C41H26S. The van der Waals surface area contributed by atoms with Gasteiger partial charge in [0.1, 0.15) is 0 Å². The van der Waals surface area contributed by atoms with Crippen LogP contribution in [-0.4, -0.2) is 0 Å². The van der Waals surface area contributed by atoms with Crippen LogP contribution in [-0.2, 0) is 6.42 Å². The van der Waals surface area contributed by atoms with E-state index in [0.717, 1.165) is 6.42 Å². The Hall–Kier alpha value is -4.72. The molecule has 0 bridgehead atoms. The summed E-state index contributed by atoms with van der Waals surface area (Å²) in [6.07, 6.45) is 8.19. The zero-order valence-corrected chi connectivity index (χ0v) is 23.9. The Balaban J connectivity index is 1.14. The molecule has 10 rings (SSSR count). The van der Waals surface area contributed by atoms with Crippen molar-refractivity contribution in [2.75, 3.05) is 0 Å². The first-order valence-corrected chi connectivity index (χ1v) is 15.8. The quantitative estimate of drug-likeness (QED) is 0.201. The van der Waals surface area contributed by atoms with Gasteiger partial charge in [-0.1, -0.05) is 115 Å². The molecule has 0 spiro atoms. The second kappa shape index (κ2) is 8.41. The summed E-state index contributed by atoms with van der Waals surface area (Å²) in [7, 11) is 0. The van der Waals surface area contributed by atoms with Crippen LogP contribution < -0.4 is 0 Å². The van der Waals surface area contributed by atoms with Crippen LogP contribution in [0.5, 0.6) is 0 Å². The van der Waals surface area contributed by atoms with Gasteiger partial charge in [0.15, 0.2) is 0 Å². The molecule has 6 aromatic carbocycles. The van der Waals surface area contributed by atoms with Gasteiger partial charge in [-0.25, -0.2) is 0 Å². The highest BCUT2D eigenvalue weighted by molar-refractivity contribution is 7.26. The minimum atomic E-state index is 1.12. The summed E-state index contributed by atoms with van der Waals surface area (Å²) in [5, 5.41) is 5.43. The SMILES string of the molecule is C1=CC2=C(CC1)Cc1ccc(-c3ccc4c(c3)sc3c(-c5ccc6c7c(cccc57)-c5ccccc5-6)cccc34)cc12. The topological polar surface area (TPSA) is 0 Å². The largest absolute Gasteiger partial charge is 0.135 e. The number of allylic oxidation sites excluding steroid dienone is 4. The van der Waals surface area contributed by atoms with Crippen molar-refractivity contribution in [3.63, 3.8) is 0 Å². The number of benzene rings is 6. The molecule has 1 aromatic heterocycles. The van der Waals surface area contributed by atoms with Crippen LogP contribution in [0.4, 0.5) is 0 Å². The molecule has 0 aliphatic heterocycles. The third-order valence-corrected chi connectivity index (χ3v) is 11.0. The van der Waals surface area contributed by atoms with Crippen molar-refractivity contribution in [3.8, 4) is 44.5 Å². The van der Waals surface area contributed by atoms with Gasteiger partial charge in [-0.2, -0.15) is 0 Å². The lowest BCUT2D eigenvalue weighted by molar-refractivity contribution is 0.935. The molecule has 1 heterocycles. The van der Waals surface area contributed by atoms with Gasteiger partial charge in [-0.3, -0.25) is 0 Å². The zero-order valence-electron chi connectivity index (χ0n) is 23.1. The molecule has 1 heteroatoms. The van der Waals surface area contributed by atoms with Crippen LogP contribution in [0.15, 0.2) is 127 Å².